The number of likely N-dealkylation sites (tertiary alicyclic amines) is 1. The van der Waals surface area contributed by atoms with Crippen LogP contribution in [0, 0.1) is 0 Å². The van der Waals surface area contributed by atoms with Crippen molar-refractivity contribution in [3.05, 3.63) is 59.7 Å². The van der Waals surface area contributed by atoms with Gasteiger partial charge in [-0.3, -0.25) is 9.59 Å². The molecule has 1 fully saturated rings. The van der Waals surface area contributed by atoms with Crippen LogP contribution in [0.2, 0.25) is 0 Å². The molecule has 134 valence electrons. The molecular formula is C21H23N3O2. The molecule has 0 aliphatic carbocycles. The summed E-state index contributed by atoms with van der Waals surface area (Å²) in [7, 11) is 5.73. The van der Waals surface area contributed by atoms with Crippen molar-refractivity contribution in [2.45, 2.75) is 11.8 Å². The fourth-order valence-electron chi connectivity index (χ4n) is 4.19. The first kappa shape index (κ1) is 16.6. The molecule has 2 heterocycles. The van der Waals surface area contributed by atoms with Crippen LogP contribution >= 0.6 is 0 Å². The minimum Gasteiger partial charge on any atom is -0.378 e. The monoisotopic (exact) mass is 349 g/mol. The molecular weight excluding hydrogens is 326 g/mol. The first-order valence-corrected chi connectivity index (χ1v) is 8.88. The van der Waals surface area contributed by atoms with Crippen molar-refractivity contribution in [1.29, 1.82) is 0 Å². The van der Waals surface area contributed by atoms with Gasteiger partial charge in [0.15, 0.2) is 0 Å². The molecule has 0 N–H and O–H groups in total. The Bertz CT molecular complexity index is 892. The van der Waals surface area contributed by atoms with Gasteiger partial charge in [-0.25, -0.2) is 0 Å². The zero-order valence-electron chi connectivity index (χ0n) is 15.4. The summed E-state index contributed by atoms with van der Waals surface area (Å²) in [5.41, 5.74) is 3.07. The van der Waals surface area contributed by atoms with Crippen LogP contribution in [0.1, 0.15) is 22.3 Å². The highest BCUT2D eigenvalue weighted by molar-refractivity contribution is 6.09. The summed E-state index contributed by atoms with van der Waals surface area (Å²) >= 11 is 0. The minimum atomic E-state index is -0.597. The van der Waals surface area contributed by atoms with Gasteiger partial charge < -0.3 is 14.7 Å². The molecule has 1 spiro atoms. The molecule has 2 aliphatic rings. The van der Waals surface area contributed by atoms with E-state index < -0.39 is 5.41 Å². The largest absolute Gasteiger partial charge is 0.378 e. The van der Waals surface area contributed by atoms with Crippen molar-refractivity contribution in [1.82, 2.24) is 4.90 Å². The first-order valence-electron chi connectivity index (χ1n) is 8.88. The average molecular weight is 349 g/mol. The van der Waals surface area contributed by atoms with Crippen molar-refractivity contribution in [2.75, 3.05) is 44.0 Å². The van der Waals surface area contributed by atoms with Crippen LogP contribution in [0.25, 0.3) is 0 Å². The van der Waals surface area contributed by atoms with Gasteiger partial charge in [0.25, 0.3) is 5.91 Å². The Hall–Kier alpha value is -2.82. The highest BCUT2D eigenvalue weighted by atomic mass is 16.2. The number of likely N-dealkylation sites (N-methyl/N-ethyl adjacent to an activating group) is 1. The number of nitrogens with zero attached hydrogens (tertiary/aromatic N) is 3. The summed E-state index contributed by atoms with van der Waals surface area (Å²) in [6, 6.07) is 15.6. The summed E-state index contributed by atoms with van der Waals surface area (Å²) < 4.78 is 0. The van der Waals surface area contributed by atoms with Gasteiger partial charge in [0.05, 0.1) is 5.41 Å². The molecule has 2 aromatic carbocycles. The van der Waals surface area contributed by atoms with E-state index in [0.717, 1.165) is 16.9 Å². The predicted molar refractivity (Wildman–Crippen MR) is 103 cm³/mol. The third kappa shape index (κ3) is 2.30. The van der Waals surface area contributed by atoms with Crippen LogP contribution in [0.3, 0.4) is 0 Å². The van der Waals surface area contributed by atoms with Crippen LogP contribution in [0.5, 0.6) is 0 Å². The zero-order chi connectivity index (χ0) is 18.5. The van der Waals surface area contributed by atoms with Gasteiger partial charge in [-0.05, 0) is 36.2 Å². The van der Waals surface area contributed by atoms with Crippen molar-refractivity contribution in [2.24, 2.45) is 0 Å². The highest BCUT2D eigenvalue weighted by Gasteiger charge is 2.54. The molecule has 26 heavy (non-hydrogen) atoms. The summed E-state index contributed by atoms with van der Waals surface area (Å²) in [5, 5.41) is 0. The number of hydrogen-bond acceptors (Lipinski definition) is 3. The van der Waals surface area contributed by atoms with Gasteiger partial charge in [0.2, 0.25) is 5.91 Å². The van der Waals surface area contributed by atoms with Crippen LogP contribution in [-0.4, -0.2) is 50.9 Å². The predicted octanol–water partition coefficient (Wildman–Crippen LogP) is 2.51. The number of fused-ring (bicyclic) bond motifs is 2. The molecule has 5 nitrogen and oxygen atoms in total. The van der Waals surface area contributed by atoms with Crippen molar-refractivity contribution < 1.29 is 9.59 Å². The third-order valence-corrected chi connectivity index (χ3v) is 5.66. The number of benzene rings is 2. The van der Waals surface area contributed by atoms with Crippen LogP contribution in [-0.2, 0) is 10.2 Å². The Balaban J connectivity index is 1.64. The fraction of sp³-hybridized carbons (Fsp3) is 0.333. The summed E-state index contributed by atoms with van der Waals surface area (Å²) in [4.78, 5) is 31.6. The summed E-state index contributed by atoms with van der Waals surface area (Å²) in [6.45, 7) is 1.04. The van der Waals surface area contributed by atoms with E-state index in [4.69, 9.17) is 0 Å². The number of amides is 2. The van der Waals surface area contributed by atoms with Gasteiger partial charge in [-0.15, -0.1) is 0 Å². The fourth-order valence-corrected chi connectivity index (χ4v) is 4.19. The van der Waals surface area contributed by atoms with E-state index in [1.165, 1.54) is 0 Å². The number of para-hydroxylation sites is 1. The van der Waals surface area contributed by atoms with Gasteiger partial charge in [-0.1, -0.05) is 24.3 Å². The molecule has 0 bridgehead atoms. The lowest BCUT2D eigenvalue weighted by molar-refractivity contribution is -0.122. The third-order valence-electron chi connectivity index (χ3n) is 5.66. The maximum Gasteiger partial charge on any atom is 0.253 e. The molecule has 2 aliphatic heterocycles. The van der Waals surface area contributed by atoms with Crippen molar-refractivity contribution >= 4 is 23.2 Å². The van der Waals surface area contributed by atoms with Gasteiger partial charge in [-0.2, -0.15) is 0 Å². The van der Waals surface area contributed by atoms with Gasteiger partial charge in [0.1, 0.15) is 0 Å². The van der Waals surface area contributed by atoms with E-state index in [9.17, 15) is 9.59 Å². The lowest BCUT2D eigenvalue weighted by atomic mass is 9.81. The molecule has 2 amide bonds. The van der Waals surface area contributed by atoms with E-state index in [0.29, 0.717) is 25.1 Å². The quantitative estimate of drug-likeness (QED) is 0.837. The number of carbonyl (C=O) groups is 2. The molecule has 4 rings (SSSR count). The SMILES string of the molecule is CN(C)c1cccc(C(=O)N2CC[C@@]3(C2)C(=O)N(C)c2ccccc23)c1. The second-order valence-corrected chi connectivity index (χ2v) is 7.38. The maximum absolute atomic E-state index is 13.0. The standard InChI is InChI=1S/C21H23N3O2/c1-22(2)16-8-6-7-15(13-16)19(25)24-12-11-21(14-24)17-9-4-5-10-18(17)23(3)20(21)26/h4-10,13H,11-12,14H2,1-3H3/t21-/m0/s1. The van der Waals surface area contributed by atoms with Gasteiger partial charge in [0, 0.05) is 51.2 Å². The van der Waals surface area contributed by atoms with E-state index in [1.54, 1.807) is 4.90 Å². The average Bonchev–Trinajstić information content (AvgIpc) is 3.20. The Morgan fingerprint density at radius 3 is 2.65 bits per heavy atom. The number of carbonyl (C=O) groups excluding carboxylic acids is 2. The smallest absolute Gasteiger partial charge is 0.253 e. The number of hydrogen-bond donors (Lipinski definition) is 0. The minimum absolute atomic E-state index is 0.00888. The Labute approximate surface area is 153 Å². The maximum atomic E-state index is 13.0. The normalized spacial score (nSPS) is 21.4. The van der Waals surface area contributed by atoms with Crippen LogP contribution < -0.4 is 9.80 Å². The molecule has 0 radical (unpaired) electrons. The molecule has 2 aromatic rings. The second-order valence-electron chi connectivity index (χ2n) is 7.38. The molecule has 0 unspecified atom stereocenters. The van der Waals surface area contributed by atoms with Crippen molar-refractivity contribution in [3.63, 3.8) is 0 Å². The summed E-state index contributed by atoms with van der Waals surface area (Å²) in [5.74, 6) is 0.0847. The van der Waals surface area contributed by atoms with Crippen LogP contribution in [0.4, 0.5) is 11.4 Å². The lowest BCUT2D eigenvalue weighted by Crippen LogP contribution is -2.42. The summed E-state index contributed by atoms with van der Waals surface area (Å²) in [6.07, 6.45) is 0.673. The highest BCUT2D eigenvalue weighted by Crippen LogP contribution is 2.46. The van der Waals surface area contributed by atoms with E-state index in [2.05, 4.69) is 0 Å². The van der Waals surface area contributed by atoms with E-state index in [1.807, 2.05) is 79.5 Å². The van der Waals surface area contributed by atoms with Crippen molar-refractivity contribution in [3.8, 4) is 0 Å². The molecule has 1 saturated heterocycles. The van der Waals surface area contributed by atoms with E-state index >= 15 is 0 Å². The molecule has 0 saturated carbocycles. The number of anilines is 2. The molecule has 5 heteroatoms. The first-order chi connectivity index (χ1) is 12.4. The van der Waals surface area contributed by atoms with Gasteiger partial charge >= 0.3 is 0 Å². The molecule has 0 aromatic heterocycles. The van der Waals surface area contributed by atoms with E-state index in [-0.39, 0.29) is 11.8 Å². The topological polar surface area (TPSA) is 43.9 Å². The Kier molecular flexibility index (Phi) is 3.75. The Morgan fingerprint density at radius 2 is 1.88 bits per heavy atom. The Morgan fingerprint density at radius 1 is 1.12 bits per heavy atom. The molecule has 1 atom stereocenters. The van der Waals surface area contributed by atoms with Crippen LogP contribution in [0.15, 0.2) is 48.5 Å². The zero-order valence-corrected chi connectivity index (χ0v) is 15.4. The number of rotatable bonds is 2. The lowest BCUT2D eigenvalue weighted by Gasteiger charge is -2.24. The second kappa shape index (κ2) is 5.87.